The fraction of sp³-hybridized carbons (Fsp3) is 0.500. The van der Waals surface area contributed by atoms with Crippen molar-refractivity contribution in [3.63, 3.8) is 0 Å². The van der Waals surface area contributed by atoms with E-state index >= 15 is 0 Å². The van der Waals surface area contributed by atoms with Gasteiger partial charge in [-0.2, -0.15) is 0 Å². The van der Waals surface area contributed by atoms with Gasteiger partial charge in [0.2, 0.25) is 11.8 Å². The van der Waals surface area contributed by atoms with Crippen molar-refractivity contribution in [1.82, 2.24) is 20.9 Å². The van der Waals surface area contributed by atoms with Crippen LogP contribution in [0.4, 0.5) is 0 Å². The molecule has 1 atom stereocenters. The van der Waals surface area contributed by atoms with Gasteiger partial charge in [-0.25, -0.2) is 4.98 Å². The molecular weight excluding hydrogens is 356 g/mol. The summed E-state index contributed by atoms with van der Waals surface area (Å²) in [7, 11) is 0. The smallest absolute Gasteiger partial charge is 0.237 e. The first-order valence-corrected chi connectivity index (χ1v) is 8.76. The number of aromatic nitrogens is 1. The van der Waals surface area contributed by atoms with Crippen LogP contribution in [0.15, 0.2) is 22.6 Å². The lowest BCUT2D eigenvalue weighted by Gasteiger charge is -2.10. The van der Waals surface area contributed by atoms with E-state index < -0.39 is 0 Å². The number of nitrogens with zero attached hydrogens (tertiary/aromatic N) is 1. The molecule has 0 saturated carbocycles. The zero-order chi connectivity index (χ0) is 17.6. The third kappa shape index (κ3) is 5.19. The minimum atomic E-state index is -0.106. The van der Waals surface area contributed by atoms with E-state index in [1.54, 1.807) is 0 Å². The average molecular weight is 381 g/mol. The third-order valence-corrected chi connectivity index (χ3v) is 4.35. The lowest BCUT2D eigenvalue weighted by Crippen LogP contribution is -2.41. The van der Waals surface area contributed by atoms with Gasteiger partial charge in [0.15, 0.2) is 11.5 Å². The number of amides is 2. The number of oxazole rings is 1. The van der Waals surface area contributed by atoms with Crippen LogP contribution in [0, 0.1) is 6.92 Å². The van der Waals surface area contributed by atoms with E-state index in [0.717, 1.165) is 36.0 Å². The molecule has 2 amide bonds. The quantitative estimate of drug-likeness (QED) is 0.676. The Morgan fingerprint density at radius 2 is 2.15 bits per heavy atom. The number of hydrogen-bond acceptors (Lipinski definition) is 5. The van der Waals surface area contributed by atoms with E-state index in [2.05, 4.69) is 20.9 Å². The highest BCUT2D eigenvalue weighted by molar-refractivity contribution is 5.85. The molecule has 3 N–H and O–H groups in total. The number of para-hydroxylation sites is 1. The number of carbonyl (C=O) groups excluding carboxylic acids is 2. The molecule has 2 heterocycles. The zero-order valence-electron chi connectivity index (χ0n) is 14.8. The monoisotopic (exact) mass is 380 g/mol. The molecule has 1 aromatic carbocycles. The Morgan fingerprint density at radius 3 is 2.88 bits per heavy atom. The normalized spacial score (nSPS) is 16.3. The van der Waals surface area contributed by atoms with E-state index in [-0.39, 0.29) is 36.7 Å². The molecule has 8 heteroatoms. The topological polar surface area (TPSA) is 96.3 Å². The van der Waals surface area contributed by atoms with Crippen molar-refractivity contribution in [2.45, 2.75) is 38.6 Å². The summed E-state index contributed by atoms with van der Waals surface area (Å²) < 4.78 is 5.67. The Hall–Kier alpha value is -2.12. The molecule has 1 unspecified atom stereocenters. The zero-order valence-corrected chi connectivity index (χ0v) is 15.7. The molecule has 2 aromatic rings. The summed E-state index contributed by atoms with van der Waals surface area (Å²) in [4.78, 5) is 28.1. The van der Waals surface area contributed by atoms with E-state index in [1.807, 2.05) is 25.1 Å². The van der Waals surface area contributed by atoms with Crippen LogP contribution >= 0.6 is 12.4 Å². The van der Waals surface area contributed by atoms with E-state index in [0.29, 0.717) is 25.4 Å². The second-order valence-corrected chi connectivity index (χ2v) is 6.32. The van der Waals surface area contributed by atoms with Crippen LogP contribution in [0.5, 0.6) is 0 Å². The Labute approximate surface area is 158 Å². The van der Waals surface area contributed by atoms with Crippen molar-refractivity contribution in [3.05, 3.63) is 29.7 Å². The molecule has 0 radical (unpaired) electrons. The number of hydrogen-bond donors (Lipinski definition) is 3. The summed E-state index contributed by atoms with van der Waals surface area (Å²) in [5.74, 6) is 0.504. The maximum absolute atomic E-state index is 11.8. The van der Waals surface area contributed by atoms with Crippen LogP contribution in [0.1, 0.15) is 30.7 Å². The van der Waals surface area contributed by atoms with E-state index in [9.17, 15) is 9.59 Å². The number of benzene rings is 1. The lowest BCUT2D eigenvalue weighted by atomic mass is 10.2. The van der Waals surface area contributed by atoms with Gasteiger partial charge in [-0.05, 0) is 37.9 Å². The number of halogens is 1. The molecule has 0 bridgehead atoms. The largest absolute Gasteiger partial charge is 0.441 e. The molecule has 1 saturated heterocycles. The van der Waals surface area contributed by atoms with Gasteiger partial charge in [0.1, 0.15) is 5.52 Å². The fourth-order valence-electron chi connectivity index (χ4n) is 2.97. The standard InChI is InChI=1S/C18H24N4O3.ClH/c1-12-4-2-6-14-17(12)22-16(25-14)8-11-20-15(23)7-10-21-18(24)13-5-3-9-19-13;/h2,4,6,13,19H,3,5,7-11H2,1H3,(H,20,23)(H,21,24);1H. The first-order valence-electron chi connectivity index (χ1n) is 8.76. The van der Waals surface area contributed by atoms with Crippen LogP contribution in [-0.4, -0.2) is 42.5 Å². The molecule has 26 heavy (non-hydrogen) atoms. The van der Waals surface area contributed by atoms with Gasteiger partial charge in [0, 0.05) is 25.9 Å². The molecule has 1 fully saturated rings. The van der Waals surface area contributed by atoms with E-state index in [1.165, 1.54) is 0 Å². The summed E-state index contributed by atoms with van der Waals surface area (Å²) in [6, 6.07) is 5.71. The second-order valence-electron chi connectivity index (χ2n) is 6.32. The summed E-state index contributed by atoms with van der Waals surface area (Å²) in [5, 5.41) is 8.75. The number of nitrogens with one attached hydrogen (secondary N) is 3. The van der Waals surface area contributed by atoms with Crippen molar-refractivity contribution in [3.8, 4) is 0 Å². The summed E-state index contributed by atoms with van der Waals surface area (Å²) >= 11 is 0. The first-order chi connectivity index (χ1) is 12.1. The first kappa shape index (κ1) is 20.2. The minimum absolute atomic E-state index is 0. The molecule has 1 aliphatic heterocycles. The summed E-state index contributed by atoms with van der Waals surface area (Å²) in [6.07, 6.45) is 2.69. The van der Waals surface area contributed by atoms with Gasteiger partial charge in [0.25, 0.3) is 0 Å². The molecule has 142 valence electrons. The maximum Gasteiger partial charge on any atom is 0.237 e. The molecule has 7 nitrogen and oxygen atoms in total. The van der Waals surface area contributed by atoms with Crippen LogP contribution in [0.2, 0.25) is 0 Å². The van der Waals surface area contributed by atoms with E-state index in [4.69, 9.17) is 4.42 Å². The molecule has 0 aliphatic carbocycles. The minimum Gasteiger partial charge on any atom is -0.441 e. The molecule has 3 rings (SSSR count). The van der Waals surface area contributed by atoms with Gasteiger partial charge in [0.05, 0.1) is 6.04 Å². The van der Waals surface area contributed by atoms with Gasteiger partial charge < -0.3 is 20.4 Å². The van der Waals surface area contributed by atoms with Gasteiger partial charge in [-0.15, -0.1) is 12.4 Å². The second kappa shape index (κ2) is 9.54. The van der Waals surface area contributed by atoms with Crippen molar-refractivity contribution in [2.24, 2.45) is 0 Å². The number of aryl methyl sites for hydroxylation is 1. The highest BCUT2D eigenvalue weighted by Crippen LogP contribution is 2.18. The summed E-state index contributed by atoms with van der Waals surface area (Å²) in [6.45, 7) is 3.69. The van der Waals surface area contributed by atoms with Crippen LogP contribution in [-0.2, 0) is 16.0 Å². The average Bonchev–Trinajstić information content (AvgIpc) is 3.25. The van der Waals surface area contributed by atoms with Crippen LogP contribution in [0.25, 0.3) is 11.1 Å². The Bertz CT molecular complexity index is 756. The highest BCUT2D eigenvalue weighted by atomic mass is 35.5. The highest BCUT2D eigenvalue weighted by Gasteiger charge is 2.21. The maximum atomic E-state index is 11.8. The Morgan fingerprint density at radius 1 is 1.31 bits per heavy atom. The van der Waals surface area contributed by atoms with Gasteiger partial charge in [-0.1, -0.05) is 12.1 Å². The number of rotatable bonds is 7. The molecule has 1 aromatic heterocycles. The molecule has 0 spiro atoms. The van der Waals surface area contributed by atoms with Gasteiger partial charge in [-0.3, -0.25) is 9.59 Å². The number of fused-ring (bicyclic) bond motifs is 1. The van der Waals surface area contributed by atoms with Crippen LogP contribution < -0.4 is 16.0 Å². The predicted molar refractivity (Wildman–Crippen MR) is 101 cm³/mol. The molecule has 1 aliphatic rings. The number of carbonyl (C=O) groups is 2. The third-order valence-electron chi connectivity index (χ3n) is 4.35. The molecular formula is C18H25ClN4O3. The summed E-state index contributed by atoms with van der Waals surface area (Å²) in [5.41, 5.74) is 2.71. The lowest BCUT2D eigenvalue weighted by molar-refractivity contribution is -0.123. The fourth-order valence-corrected chi connectivity index (χ4v) is 2.97. The van der Waals surface area contributed by atoms with Crippen molar-refractivity contribution in [2.75, 3.05) is 19.6 Å². The van der Waals surface area contributed by atoms with Crippen molar-refractivity contribution < 1.29 is 14.0 Å². The predicted octanol–water partition coefficient (Wildman–Crippen LogP) is 1.48. The van der Waals surface area contributed by atoms with Crippen molar-refractivity contribution >= 4 is 35.3 Å². The Kier molecular flexibility index (Phi) is 7.41. The van der Waals surface area contributed by atoms with Crippen molar-refractivity contribution in [1.29, 1.82) is 0 Å². The SMILES string of the molecule is Cc1cccc2oc(CCNC(=O)CCNC(=O)C3CCCN3)nc12.Cl. The Balaban J connectivity index is 0.00000243. The van der Waals surface area contributed by atoms with Gasteiger partial charge >= 0.3 is 0 Å². The van der Waals surface area contributed by atoms with Crippen LogP contribution in [0.3, 0.4) is 0 Å².